The highest BCUT2D eigenvalue weighted by molar-refractivity contribution is 5.69. The van der Waals surface area contributed by atoms with Crippen molar-refractivity contribution >= 4 is 5.97 Å². The van der Waals surface area contributed by atoms with Gasteiger partial charge in [0, 0.05) is 24.8 Å². The van der Waals surface area contributed by atoms with Crippen LogP contribution >= 0.6 is 0 Å². The highest BCUT2D eigenvalue weighted by Crippen LogP contribution is 2.06. The number of esters is 1. The molecule has 0 aliphatic heterocycles. The van der Waals surface area contributed by atoms with Gasteiger partial charge in [-0.05, 0) is 19.4 Å². The maximum Gasteiger partial charge on any atom is 0.307 e. The maximum absolute atomic E-state index is 11.3. The van der Waals surface area contributed by atoms with E-state index < -0.39 is 0 Å². The van der Waals surface area contributed by atoms with Gasteiger partial charge in [0.05, 0.1) is 20.1 Å². The van der Waals surface area contributed by atoms with Crippen LogP contribution in [0.5, 0.6) is 5.88 Å². The normalized spacial score (nSPS) is 11.9. The third kappa shape index (κ3) is 5.14. The number of nitrogens with zero attached hydrogens (tertiary/aromatic N) is 1. The summed E-state index contributed by atoms with van der Waals surface area (Å²) >= 11 is 0. The molecule has 0 radical (unpaired) electrons. The lowest BCUT2D eigenvalue weighted by atomic mass is 10.2. The van der Waals surface area contributed by atoms with Gasteiger partial charge in [0.2, 0.25) is 5.88 Å². The van der Waals surface area contributed by atoms with E-state index in [0.29, 0.717) is 25.5 Å². The first-order chi connectivity index (χ1) is 8.65. The summed E-state index contributed by atoms with van der Waals surface area (Å²) in [5.41, 5.74) is 1.05. The number of pyridine rings is 1. The minimum Gasteiger partial charge on any atom is -0.481 e. The molecule has 5 nitrogen and oxygen atoms in total. The molecule has 0 aromatic carbocycles. The molecule has 0 saturated carbocycles. The molecule has 100 valence electrons. The molecule has 0 aliphatic carbocycles. The van der Waals surface area contributed by atoms with Crippen molar-refractivity contribution in [3.63, 3.8) is 0 Å². The molecule has 0 amide bonds. The molecule has 1 rings (SSSR count). The second-order valence-corrected chi connectivity index (χ2v) is 4.00. The molecule has 0 fully saturated rings. The first kappa shape index (κ1) is 14.4. The number of aromatic nitrogens is 1. The van der Waals surface area contributed by atoms with Crippen LogP contribution in [0, 0.1) is 0 Å². The van der Waals surface area contributed by atoms with Gasteiger partial charge in [-0.15, -0.1) is 0 Å². The molecule has 1 atom stereocenters. The summed E-state index contributed by atoms with van der Waals surface area (Å²) in [6.45, 7) is 4.85. The highest BCUT2D eigenvalue weighted by Gasteiger charge is 2.09. The number of nitrogens with one attached hydrogen (secondary N) is 1. The van der Waals surface area contributed by atoms with Crippen molar-refractivity contribution in [2.75, 3.05) is 13.7 Å². The van der Waals surface area contributed by atoms with Crippen LogP contribution in [-0.2, 0) is 16.1 Å². The van der Waals surface area contributed by atoms with Gasteiger partial charge in [0.15, 0.2) is 0 Å². The molecular weight excluding hydrogens is 232 g/mol. The van der Waals surface area contributed by atoms with Crippen molar-refractivity contribution < 1.29 is 14.3 Å². The Morgan fingerprint density at radius 3 is 2.83 bits per heavy atom. The zero-order valence-corrected chi connectivity index (χ0v) is 11.1. The van der Waals surface area contributed by atoms with Crippen molar-refractivity contribution in [1.82, 2.24) is 10.3 Å². The van der Waals surface area contributed by atoms with Crippen LogP contribution in [-0.4, -0.2) is 30.7 Å². The first-order valence-corrected chi connectivity index (χ1v) is 6.03. The summed E-state index contributed by atoms with van der Waals surface area (Å²) in [5, 5.41) is 3.24. The van der Waals surface area contributed by atoms with Gasteiger partial charge in [-0.2, -0.15) is 0 Å². The van der Waals surface area contributed by atoms with E-state index in [9.17, 15) is 4.79 Å². The molecule has 18 heavy (non-hydrogen) atoms. The van der Waals surface area contributed by atoms with Crippen LogP contribution in [0.2, 0.25) is 0 Å². The van der Waals surface area contributed by atoms with Crippen LogP contribution < -0.4 is 10.1 Å². The smallest absolute Gasteiger partial charge is 0.307 e. The van der Waals surface area contributed by atoms with Crippen LogP contribution in [0.1, 0.15) is 25.8 Å². The van der Waals surface area contributed by atoms with Gasteiger partial charge in [-0.3, -0.25) is 4.79 Å². The minimum atomic E-state index is -0.176. The van der Waals surface area contributed by atoms with Crippen LogP contribution in [0.3, 0.4) is 0 Å². The van der Waals surface area contributed by atoms with E-state index in [2.05, 4.69) is 10.3 Å². The fourth-order valence-electron chi connectivity index (χ4n) is 1.47. The maximum atomic E-state index is 11.3. The SMILES string of the molecule is CCOC(=O)CC(C)NCc1ccc(OC)nc1. The van der Waals surface area contributed by atoms with Crippen LogP contribution in [0.4, 0.5) is 0 Å². The molecule has 1 heterocycles. The topological polar surface area (TPSA) is 60.5 Å². The lowest BCUT2D eigenvalue weighted by Gasteiger charge is -2.12. The molecular formula is C13H20N2O3. The Morgan fingerprint density at radius 2 is 2.28 bits per heavy atom. The van der Waals surface area contributed by atoms with Crippen molar-refractivity contribution in [2.24, 2.45) is 0 Å². The number of methoxy groups -OCH3 is 1. The van der Waals surface area contributed by atoms with Gasteiger partial charge < -0.3 is 14.8 Å². The number of hydrogen-bond acceptors (Lipinski definition) is 5. The monoisotopic (exact) mass is 252 g/mol. The molecule has 1 unspecified atom stereocenters. The number of rotatable bonds is 7. The Kier molecular flexibility index (Phi) is 6.14. The Labute approximate surface area is 108 Å². The third-order valence-corrected chi connectivity index (χ3v) is 2.44. The highest BCUT2D eigenvalue weighted by atomic mass is 16.5. The summed E-state index contributed by atoms with van der Waals surface area (Å²) in [5.74, 6) is 0.420. The van der Waals surface area contributed by atoms with Crippen molar-refractivity contribution in [2.45, 2.75) is 32.9 Å². The third-order valence-electron chi connectivity index (χ3n) is 2.44. The van der Waals surface area contributed by atoms with Crippen molar-refractivity contribution in [3.05, 3.63) is 23.9 Å². The zero-order chi connectivity index (χ0) is 13.4. The number of carbonyl (C=O) groups is 1. The largest absolute Gasteiger partial charge is 0.481 e. The molecule has 1 N–H and O–H groups in total. The molecule has 0 bridgehead atoms. The average molecular weight is 252 g/mol. The predicted octanol–water partition coefficient (Wildman–Crippen LogP) is 1.52. The van der Waals surface area contributed by atoms with E-state index in [1.807, 2.05) is 19.1 Å². The summed E-state index contributed by atoms with van der Waals surface area (Å²) < 4.78 is 9.87. The molecule has 0 saturated heterocycles. The zero-order valence-electron chi connectivity index (χ0n) is 11.1. The van der Waals surface area contributed by atoms with E-state index in [-0.39, 0.29) is 12.0 Å². The van der Waals surface area contributed by atoms with Gasteiger partial charge in [0.1, 0.15) is 0 Å². The van der Waals surface area contributed by atoms with E-state index in [1.54, 1.807) is 20.2 Å². The van der Waals surface area contributed by atoms with Crippen LogP contribution in [0.25, 0.3) is 0 Å². The second kappa shape index (κ2) is 7.66. The second-order valence-electron chi connectivity index (χ2n) is 4.00. The Bertz CT molecular complexity index is 365. The first-order valence-electron chi connectivity index (χ1n) is 6.03. The quantitative estimate of drug-likeness (QED) is 0.746. The van der Waals surface area contributed by atoms with Crippen molar-refractivity contribution in [3.8, 4) is 5.88 Å². The van der Waals surface area contributed by atoms with Crippen molar-refractivity contribution in [1.29, 1.82) is 0 Å². The van der Waals surface area contributed by atoms with Gasteiger partial charge in [0.25, 0.3) is 0 Å². The fraction of sp³-hybridized carbons (Fsp3) is 0.538. The Balaban J connectivity index is 2.32. The van der Waals surface area contributed by atoms with Gasteiger partial charge in [-0.25, -0.2) is 4.98 Å². The standard InChI is InChI=1S/C13H20N2O3/c1-4-18-13(16)7-10(2)14-8-11-5-6-12(17-3)15-9-11/h5-6,9-10,14H,4,7-8H2,1-3H3. The molecule has 5 heteroatoms. The van der Waals surface area contributed by atoms with Gasteiger partial charge >= 0.3 is 5.97 Å². The minimum absolute atomic E-state index is 0.0751. The lowest BCUT2D eigenvalue weighted by molar-refractivity contribution is -0.143. The molecule has 1 aromatic heterocycles. The molecule has 0 spiro atoms. The van der Waals surface area contributed by atoms with Gasteiger partial charge in [-0.1, -0.05) is 6.07 Å². The summed E-state index contributed by atoms with van der Waals surface area (Å²) in [4.78, 5) is 15.4. The van der Waals surface area contributed by atoms with E-state index in [1.165, 1.54) is 0 Å². The summed E-state index contributed by atoms with van der Waals surface area (Å²) in [6, 6.07) is 3.83. The van der Waals surface area contributed by atoms with E-state index in [4.69, 9.17) is 9.47 Å². The summed E-state index contributed by atoms with van der Waals surface area (Å²) in [6.07, 6.45) is 2.13. The van der Waals surface area contributed by atoms with E-state index in [0.717, 1.165) is 5.56 Å². The predicted molar refractivity (Wildman–Crippen MR) is 68.3 cm³/mol. The molecule has 0 aliphatic rings. The Hall–Kier alpha value is -1.62. The fourth-order valence-corrected chi connectivity index (χ4v) is 1.47. The van der Waals surface area contributed by atoms with E-state index >= 15 is 0 Å². The summed E-state index contributed by atoms with van der Waals surface area (Å²) in [7, 11) is 1.58. The number of hydrogen-bond donors (Lipinski definition) is 1. The average Bonchev–Trinajstić information content (AvgIpc) is 2.37. The Morgan fingerprint density at radius 1 is 1.50 bits per heavy atom. The van der Waals surface area contributed by atoms with Crippen LogP contribution in [0.15, 0.2) is 18.3 Å². The number of carbonyl (C=O) groups excluding carboxylic acids is 1. The lowest BCUT2D eigenvalue weighted by Crippen LogP contribution is -2.28. The number of ether oxygens (including phenoxy) is 2. The molecule has 1 aromatic rings.